The van der Waals surface area contributed by atoms with E-state index >= 15 is 0 Å². The Kier molecular flexibility index (Phi) is 30.1. The second-order valence-corrected chi connectivity index (χ2v) is 19.6. The van der Waals surface area contributed by atoms with E-state index in [9.17, 15) is 36.2 Å². The number of aryl methyl sites for hydroxylation is 2. The number of hydrogen-bond acceptors (Lipinski definition) is 9. The van der Waals surface area contributed by atoms with Gasteiger partial charge in [-0.15, -0.1) is 5.75 Å². The van der Waals surface area contributed by atoms with Crippen LogP contribution in [0.25, 0.3) is 0 Å². The maximum atomic E-state index is 12.5. The Morgan fingerprint density at radius 2 is 0.815 bits per heavy atom. The third kappa shape index (κ3) is 24.7. The Morgan fingerprint density at radius 1 is 0.477 bits per heavy atom. The first-order valence-corrected chi connectivity index (χ1v) is 26.8. The van der Waals surface area contributed by atoms with E-state index in [1.54, 1.807) is 54.6 Å². The molecule has 0 aliphatic carbocycles. The molecule has 10 nitrogen and oxygen atoms in total. The van der Waals surface area contributed by atoms with E-state index in [1.807, 2.05) is 6.07 Å². The molecular formula is C52H74CaO10S2. The van der Waals surface area contributed by atoms with Crippen LogP contribution in [0.1, 0.15) is 179 Å². The molecule has 0 aliphatic rings. The standard InChI is InChI=1S/2C26H38O5S.Ca/c2*1-2-3-4-5-6-7-8-9-10-11-12-14-17-22-20-26(32(28,29)30)25(21-24(22)27)31-23-18-15-13-16-19-23;/h2*13,15-16,18-21,27H,2-12,14,17H2,1H3,(H,28,29,30);/q;;+2/p-2. The average molecular weight is 963 g/mol. The van der Waals surface area contributed by atoms with Gasteiger partial charge in [-0.25, -0.2) is 8.42 Å². The first kappa shape index (κ1) is 58.3. The summed E-state index contributed by atoms with van der Waals surface area (Å²) < 4.78 is 79.7. The summed E-state index contributed by atoms with van der Waals surface area (Å²) in [6.07, 6.45) is 30.4. The molecule has 0 atom stereocenters. The number of benzene rings is 4. The number of rotatable bonds is 32. The smallest absolute Gasteiger partial charge is 0.872 e. The molecule has 0 aromatic heterocycles. The van der Waals surface area contributed by atoms with Crippen LogP contribution in [-0.4, -0.2) is 68.8 Å². The maximum absolute atomic E-state index is 12.5. The molecule has 0 amide bonds. The molecule has 2 N–H and O–H groups in total. The Hall–Kier alpha value is -2.84. The summed E-state index contributed by atoms with van der Waals surface area (Å²) in [5.74, 6) is 0.165. The monoisotopic (exact) mass is 962 g/mol. The number of aromatic hydroxyl groups is 1. The number of hydrogen-bond donors (Lipinski definition) is 2. The summed E-state index contributed by atoms with van der Waals surface area (Å²) in [7, 11) is -9.25. The molecule has 0 unspecified atom stereocenters. The van der Waals surface area contributed by atoms with Gasteiger partial charge in [0.1, 0.15) is 38.0 Å². The third-order valence-electron chi connectivity index (χ3n) is 11.4. The quantitative estimate of drug-likeness (QED) is 0.0272. The molecule has 0 spiro atoms. The predicted molar refractivity (Wildman–Crippen MR) is 260 cm³/mol. The van der Waals surface area contributed by atoms with Crippen molar-refractivity contribution in [3.05, 3.63) is 96.1 Å². The van der Waals surface area contributed by atoms with Crippen molar-refractivity contribution in [3.63, 3.8) is 0 Å². The molecule has 4 aromatic carbocycles. The Morgan fingerprint density at radius 3 is 1.18 bits per heavy atom. The second-order valence-electron chi connectivity index (χ2n) is 16.9. The number of phenolic OH excluding ortho intramolecular Hbond substituents is 1. The van der Waals surface area contributed by atoms with E-state index in [1.165, 1.54) is 134 Å². The largest absolute Gasteiger partial charge is 2.00 e. The summed E-state index contributed by atoms with van der Waals surface area (Å²) >= 11 is 0. The van der Waals surface area contributed by atoms with Crippen molar-refractivity contribution >= 4 is 58.0 Å². The van der Waals surface area contributed by atoms with Crippen LogP contribution in [0.3, 0.4) is 0 Å². The minimum atomic E-state index is -4.76. The normalized spacial score (nSPS) is 11.4. The van der Waals surface area contributed by atoms with Crippen LogP contribution in [0.5, 0.6) is 34.5 Å². The Balaban J connectivity index is 0.000000440. The second kappa shape index (κ2) is 33.6. The fraction of sp³-hybridized carbons (Fsp3) is 0.538. The fourth-order valence-corrected chi connectivity index (χ4v) is 8.95. The Bertz CT molecular complexity index is 1950. The number of para-hydroxylation sites is 2. The van der Waals surface area contributed by atoms with Crippen molar-refractivity contribution in [3.8, 4) is 34.5 Å². The van der Waals surface area contributed by atoms with Crippen molar-refractivity contribution < 1.29 is 45.6 Å². The Labute approximate surface area is 421 Å². The van der Waals surface area contributed by atoms with Crippen molar-refractivity contribution in [2.45, 2.75) is 191 Å². The first-order chi connectivity index (χ1) is 30.8. The molecule has 0 saturated heterocycles. The van der Waals surface area contributed by atoms with Crippen LogP contribution in [0.2, 0.25) is 0 Å². The van der Waals surface area contributed by atoms with Gasteiger partial charge in [0.25, 0.3) is 10.1 Å². The summed E-state index contributed by atoms with van der Waals surface area (Å²) in [6, 6.07) is 22.1. The van der Waals surface area contributed by atoms with E-state index < -0.39 is 25.1 Å². The number of unbranched alkanes of at least 4 members (excludes halogenated alkanes) is 22. The van der Waals surface area contributed by atoms with Crippen LogP contribution in [0.15, 0.2) is 94.7 Å². The van der Waals surface area contributed by atoms with Gasteiger partial charge in [0.05, 0.1) is 4.90 Å². The molecule has 4 rings (SSSR count). The molecule has 4 aromatic rings. The van der Waals surface area contributed by atoms with Crippen molar-refractivity contribution in [1.82, 2.24) is 0 Å². The molecule has 356 valence electrons. The van der Waals surface area contributed by atoms with Crippen LogP contribution >= 0.6 is 0 Å². The van der Waals surface area contributed by atoms with E-state index in [4.69, 9.17) is 9.47 Å². The molecule has 13 heteroatoms. The van der Waals surface area contributed by atoms with E-state index in [0.717, 1.165) is 44.6 Å². The van der Waals surface area contributed by atoms with E-state index in [-0.39, 0.29) is 65.6 Å². The molecule has 0 saturated carbocycles. The van der Waals surface area contributed by atoms with Crippen molar-refractivity contribution in [1.29, 1.82) is 0 Å². The summed E-state index contributed by atoms with van der Waals surface area (Å²) in [5, 5.41) is 22.8. The molecule has 0 heterocycles. The van der Waals surface area contributed by atoms with Crippen LogP contribution in [-0.2, 0) is 33.1 Å². The molecule has 0 radical (unpaired) electrons. The first-order valence-electron chi connectivity index (χ1n) is 23.9. The third-order valence-corrected chi connectivity index (χ3v) is 13.1. The molecule has 0 aliphatic heterocycles. The average Bonchev–Trinajstić information content (AvgIpc) is 3.26. The topological polar surface area (TPSA) is 173 Å². The minimum absolute atomic E-state index is 0. The van der Waals surface area contributed by atoms with Gasteiger partial charge in [0.2, 0.25) is 0 Å². The molecular weight excluding hydrogens is 889 g/mol. The SMILES string of the molecule is CCCCCCCCCCCCCCc1cc(S(=O)(=O)O)c(Oc2ccccc2)cc1O.CCCCCCCCCCCCCCc1cc(S(=O)(=O)[O-])c(Oc2ccccc2)cc1[O-].[Ca+2]. The van der Waals surface area contributed by atoms with E-state index in [0.29, 0.717) is 35.5 Å². The van der Waals surface area contributed by atoms with Crippen molar-refractivity contribution in [2.24, 2.45) is 0 Å². The van der Waals surface area contributed by atoms with E-state index in [2.05, 4.69) is 13.8 Å². The number of ether oxygens (including phenoxy) is 2. The molecule has 0 fully saturated rings. The number of phenols is 1. The van der Waals surface area contributed by atoms with Gasteiger partial charge in [0.15, 0.2) is 5.75 Å². The maximum Gasteiger partial charge on any atom is 2.00 e. The van der Waals surface area contributed by atoms with Gasteiger partial charge < -0.3 is 24.2 Å². The van der Waals surface area contributed by atoms with Gasteiger partial charge >= 0.3 is 37.7 Å². The minimum Gasteiger partial charge on any atom is -0.872 e. The van der Waals surface area contributed by atoms with Gasteiger partial charge in [-0.05, 0) is 73.7 Å². The zero-order valence-corrected chi connectivity index (χ0v) is 43.0. The van der Waals surface area contributed by atoms with Crippen molar-refractivity contribution in [2.75, 3.05) is 0 Å². The molecule has 65 heavy (non-hydrogen) atoms. The van der Waals surface area contributed by atoms with Gasteiger partial charge in [0, 0.05) is 6.07 Å². The fourth-order valence-electron chi connectivity index (χ4n) is 7.67. The summed E-state index contributed by atoms with van der Waals surface area (Å²) in [6.45, 7) is 4.47. The van der Waals surface area contributed by atoms with Crippen LogP contribution in [0.4, 0.5) is 0 Å². The van der Waals surface area contributed by atoms with Gasteiger partial charge in [-0.3, -0.25) is 4.55 Å². The van der Waals surface area contributed by atoms with Gasteiger partial charge in [-0.2, -0.15) is 8.42 Å². The zero-order valence-electron chi connectivity index (χ0n) is 39.2. The van der Waals surface area contributed by atoms with Crippen LogP contribution < -0.4 is 14.6 Å². The molecule has 0 bridgehead atoms. The zero-order chi connectivity index (χ0) is 46.5. The summed E-state index contributed by atoms with van der Waals surface area (Å²) in [4.78, 5) is -0.803. The van der Waals surface area contributed by atoms with Gasteiger partial charge in [-0.1, -0.05) is 197 Å². The van der Waals surface area contributed by atoms with Crippen LogP contribution in [0, 0.1) is 0 Å². The summed E-state index contributed by atoms with van der Waals surface area (Å²) in [5.41, 5.74) is 0.858. The predicted octanol–water partition coefficient (Wildman–Crippen LogP) is 14.0.